The van der Waals surface area contributed by atoms with Crippen LogP contribution in [-0.2, 0) is 0 Å². The first-order chi connectivity index (χ1) is 8.80. The third-order valence-electron chi connectivity index (χ3n) is 3.48. The molecule has 3 nitrogen and oxygen atoms in total. The summed E-state index contributed by atoms with van der Waals surface area (Å²) in [7, 11) is 0. The van der Waals surface area contributed by atoms with Crippen LogP contribution in [0.15, 0.2) is 24.3 Å². The minimum absolute atomic E-state index is 0.191. The van der Waals surface area contributed by atoms with Crippen LogP contribution < -0.4 is 10.1 Å². The lowest BCUT2D eigenvalue weighted by Gasteiger charge is -2.29. The molecule has 19 heavy (non-hydrogen) atoms. The molecule has 1 rings (SSSR count). The fourth-order valence-electron chi connectivity index (χ4n) is 1.58. The Hall–Kier alpha value is -1.06. The standard InChI is InChI=1S/C16H27NO2/c1-12-8-6-7-9-15(12)19-11-14(18)10-17-13(2)16(3,4)5/h6-9,13-14,17-18H,10-11H2,1-5H3. The van der Waals surface area contributed by atoms with Crippen LogP contribution >= 0.6 is 0 Å². The highest BCUT2D eigenvalue weighted by atomic mass is 16.5. The molecule has 0 bridgehead atoms. The summed E-state index contributed by atoms with van der Waals surface area (Å²) in [6, 6.07) is 8.19. The summed E-state index contributed by atoms with van der Waals surface area (Å²) in [4.78, 5) is 0. The van der Waals surface area contributed by atoms with E-state index in [1.54, 1.807) is 0 Å². The van der Waals surface area contributed by atoms with Crippen LogP contribution in [0.4, 0.5) is 0 Å². The minimum atomic E-state index is -0.496. The predicted molar refractivity (Wildman–Crippen MR) is 79.6 cm³/mol. The van der Waals surface area contributed by atoms with Crippen molar-refractivity contribution in [2.24, 2.45) is 5.41 Å². The zero-order valence-electron chi connectivity index (χ0n) is 12.7. The second-order valence-electron chi connectivity index (χ2n) is 6.23. The Bertz CT molecular complexity index is 385. The molecule has 0 saturated heterocycles. The maximum absolute atomic E-state index is 9.93. The molecule has 0 aliphatic rings. The molecule has 2 atom stereocenters. The number of ether oxygens (including phenoxy) is 1. The average molecular weight is 265 g/mol. The van der Waals surface area contributed by atoms with Crippen LogP contribution in [0.2, 0.25) is 0 Å². The van der Waals surface area contributed by atoms with E-state index in [2.05, 4.69) is 33.0 Å². The fraction of sp³-hybridized carbons (Fsp3) is 0.625. The lowest BCUT2D eigenvalue weighted by Crippen LogP contribution is -2.42. The number of benzene rings is 1. The van der Waals surface area contributed by atoms with Gasteiger partial charge in [0.15, 0.2) is 0 Å². The van der Waals surface area contributed by atoms with Gasteiger partial charge in [-0.1, -0.05) is 39.0 Å². The molecule has 0 aliphatic carbocycles. The zero-order chi connectivity index (χ0) is 14.5. The maximum Gasteiger partial charge on any atom is 0.122 e. The largest absolute Gasteiger partial charge is 0.491 e. The number of aliphatic hydroxyl groups excluding tert-OH is 1. The molecular formula is C16H27NO2. The summed E-state index contributed by atoms with van der Waals surface area (Å²) in [6.45, 7) is 11.5. The minimum Gasteiger partial charge on any atom is -0.491 e. The maximum atomic E-state index is 9.93. The molecule has 108 valence electrons. The number of aliphatic hydroxyl groups is 1. The molecule has 0 saturated carbocycles. The van der Waals surface area contributed by atoms with E-state index in [0.29, 0.717) is 19.2 Å². The van der Waals surface area contributed by atoms with Crippen molar-refractivity contribution in [2.45, 2.75) is 46.8 Å². The molecule has 1 aromatic carbocycles. The Morgan fingerprint density at radius 1 is 1.26 bits per heavy atom. The smallest absolute Gasteiger partial charge is 0.122 e. The number of para-hydroxylation sites is 1. The number of nitrogens with one attached hydrogen (secondary N) is 1. The first-order valence-corrected chi connectivity index (χ1v) is 6.90. The Balaban J connectivity index is 2.33. The van der Waals surface area contributed by atoms with E-state index in [-0.39, 0.29) is 5.41 Å². The molecule has 1 aromatic rings. The van der Waals surface area contributed by atoms with Gasteiger partial charge in [-0.2, -0.15) is 0 Å². The van der Waals surface area contributed by atoms with Crippen molar-refractivity contribution in [3.05, 3.63) is 29.8 Å². The molecule has 2 N–H and O–H groups in total. The van der Waals surface area contributed by atoms with E-state index in [1.165, 1.54) is 0 Å². The van der Waals surface area contributed by atoms with Gasteiger partial charge in [-0.05, 0) is 30.9 Å². The van der Waals surface area contributed by atoms with Crippen molar-refractivity contribution in [1.82, 2.24) is 5.32 Å². The van der Waals surface area contributed by atoms with Crippen LogP contribution in [-0.4, -0.2) is 30.4 Å². The molecule has 0 radical (unpaired) electrons. The quantitative estimate of drug-likeness (QED) is 0.831. The summed E-state index contributed by atoms with van der Waals surface area (Å²) in [5, 5.41) is 13.3. The summed E-state index contributed by atoms with van der Waals surface area (Å²) >= 11 is 0. The lowest BCUT2D eigenvalue weighted by molar-refractivity contribution is 0.0983. The normalized spacial score (nSPS) is 15.1. The van der Waals surface area contributed by atoms with Gasteiger partial charge in [-0.15, -0.1) is 0 Å². The summed E-state index contributed by atoms with van der Waals surface area (Å²) in [5.41, 5.74) is 1.28. The van der Waals surface area contributed by atoms with Crippen LogP contribution in [0.5, 0.6) is 5.75 Å². The van der Waals surface area contributed by atoms with Crippen molar-refractivity contribution >= 4 is 0 Å². The van der Waals surface area contributed by atoms with E-state index in [1.807, 2.05) is 31.2 Å². The topological polar surface area (TPSA) is 41.5 Å². The monoisotopic (exact) mass is 265 g/mol. The summed E-state index contributed by atoms with van der Waals surface area (Å²) in [5.74, 6) is 0.838. The SMILES string of the molecule is Cc1ccccc1OCC(O)CNC(C)C(C)(C)C. The van der Waals surface area contributed by atoms with E-state index < -0.39 is 6.10 Å². The first kappa shape index (κ1) is 16.0. The van der Waals surface area contributed by atoms with Crippen LogP contribution in [0.3, 0.4) is 0 Å². The molecule has 0 spiro atoms. The first-order valence-electron chi connectivity index (χ1n) is 6.90. The van der Waals surface area contributed by atoms with Crippen LogP contribution in [0, 0.1) is 12.3 Å². The zero-order valence-corrected chi connectivity index (χ0v) is 12.7. The number of rotatable bonds is 6. The highest BCUT2D eigenvalue weighted by molar-refractivity contribution is 5.31. The van der Waals surface area contributed by atoms with E-state index in [4.69, 9.17) is 4.74 Å². The van der Waals surface area contributed by atoms with Crippen molar-refractivity contribution in [2.75, 3.05) is 13.2 Å². The van der Waals surface area contributed by atoms with Gasteiger partial charge >= 0.3 is 0 Å². The third kappa shape index (κ3) is 5.62. The van der Waals surface area contributed by atoms with Gasteiger partial charge < -0.3 is 15.2 Å². The Labute approximate surface area is 117 Å². The van der Waals surface area contributed by atoms with Crippen molar-refractivity contribution in [3.8, 4) is 5.75 Å². The third-order valence-corrected chi connectivity index (χ3v) is 3.48. The Kier molecular flexibility index (Phi) is 5.83. The highest BCUT2D eigenvalue weighted by Gasteiger charge is 2.20. The van der Waals surface area contributed by atoms with Gasteiger partial charge in [0.1, 0.15) is 18.5 Å². The van der Waals surface area contributed by atoms with Gasteiger partial charge in [0.25, 0.3) is 0 Å². The molecule has 3 heteroatoms. The van der Waals surface area contributed by atoms with Crippen molar-refractivity contribution in [1.29, 1.82) is 0 Å². The van der Waals surface area contributed by atoms with Gasteiger partial charge in [-0.25, -0.2) is 0 Å². The van der Waals surface area contributed by atoms with Gasteiger partial charge in [0, 0.05) is 12.6 Å². The Morgan fingerprint density at radius 3 is 2.47 bits per heavy atom. The molecule has 0 heterocycles. The van der Waals surface area contributed by atoms with Gasteiger partial charge in [-0.3, -0.25) is 0 Å². The molecule has 0 aliphatic heterocycles. The molecule has 0 amide bonds. The average Bonchev–Trinajstić information content (AvgIpc) is 2.33. The molecule has 0 fully saturated rings. The van der Waals surface area contributed by atoms with Crippen LogP contribution in [0.1, 0.15) is 33.3 Å². The van der Waals surface area contributed by atoms with Crippen LogP contribution in [0.25, 0.3) is 0 Å². The highest BCUT2D eigenvalue weighted by Crippen LogP contribution is 2.18. The Morgan fingerprint density at radius 2 is 1.89 bits per heavy atom. The number of hydrogen-bond donors (Lipinski definition) is 2. The molecule has 0 aromatic heterocycles. The van der Waals surface area contributed by atoms with E-state index in [9.17, 15) is 5.11 Å². The number of aryl methyl sites for hydroxylation is 1. The number of hydrogen-bond acceptors (Lipinski definition) is 3. The van der Waals surface area contributed by atoms with Gasteiger partial charge in [0.2, 0.25) is 0 Å². The molecular weight excluding hydrogens is 238 g/mol. The van der Waals surface area contributed by atoms with E-state index in [0.717, 1.165) is 11.3 Å². The predicted octanol–water partition coefficient (Wildman–Crippen LogP) is 2.76. The second-order valence-corrected chi connectivity index (χ2v) is 6.23. The lowest BCUT2D eigenvalue weighted by atomic mass is 9.88. The fourth-order valence-corrected chi connectivity index (χ4v) is 1.58. The second kappa shape index (κ2) is 6.92. The van der Waals surface area contributed by atoms with Gasteiger partial charge in [0.05, 0.1) is 0 Å². The van der Waals surface area contributed by atoms with Crippen molar-refractivity contribution < 1.29 is 9.84 Å². The summed E-state index contributed by atoms with van der Waals surface area (Å²) < 4.78 is 5.63. The summed E-state index contributed by atoms with van der Waals surface area (Å²) in [6.07, 6.45) is -0.496. The molecule has 2 unspecified atom stereocenters. The van der Waals surface area contributed by atoms with Crippen molar-refractivity contribution in [3.63, 3.8) is 0 Å². The van der Waals surface area contributed by atoms with E-state index >= 15 is 0 Å².